The van der Waals surface area contributed by atoms with Crippen molar-refractivity contribution in [1.82, 2.24) is 0 Å². The molecule has 4 rings (SSSR count). The Hall–Kier alpha value is -3.32. The fourth-order valence-corrected chi connectivity index (χ4v) is 3.60. The molecule has 4 aromatic rings. The molecule has 0 aliphatic heterocycles. The third-order valence-corrected chi connectivity index (χ3v) is 5.26. The van der Waals surface area contributed by atoms with E-state index in [-0.39, 0.29) is 5.92 Å². The van der Waals surface area contributed by atoms with E-state index in [1.54, 1.807) is 7.11 Å². The van der Waals surface area contributed by atoms with Crippen LogP contribution in [0.4, 0.5) is 0 Å². The highest BCUT2D eigenvalue weighted by Gasteiger charge is 2.13. The minimum Gasteiger partial charge on any atom is -0.497 e. The van der Waals surface area contributed by atoms with E-state index >= 15 is 0 Å². The maximum absolute atomic E-state index is 5.43. The lowest BCUT2D eigenvalue weighted by Gasteiger charge is -2.17. The van der Waals surface area contributed by atoms with Crippen molar-refractivity contribution in [2.75, 3.05) is 7.11 Å². The van der Waals surface area contributed by atoms with Crippen LogP contribution in [0.5, 0.6) is 5.75 Å². The Morgan fingerprint density at radius 1 is 0.536 bits per heavy atom. The Balaban J connectivity index is 1.84. The van der Waals surface area contributed by atoms with Crippen LogP contribution in [-0.4, -0.2) is 7.11 Å². The summed E-state index contributed by atoms with van der Waals surface area (Å²) in [5, 5.41) is 0. The molecule has 0 bridgehead atoms. The number of methoxy groups -OCH3 is 1. The molecule has 0 aliphatic carbocycles. The van der Waals surface area contributed by atoms with E-state index in [1.807, 2.05) is 6.07 Å². The summed E-state index contributed by atoms with van der Waals surface area (Å²) in [6.45, 7) is 2.26. The summed E-state index contributed by atoms with van der Waals surface area (Å²) in [6.07, 6.45) is 0. The maximum atomic E-state index is 5.43. The van der Waals surface area contributed by atoms with Crippen LogP contribution in [0.1, 0.15) is 24.0 Å². The minimum absolute atomic E-state index is 0.265. The Morgan fingerprint density at radius 3 is 1.64 bits per heavy atom. The van der Waals surface area contributed by atoms with Crippen molar-refractivity contribution >= 4 is 0 Å². The van der Waals surface area contributed by atoms with Crippen molar-refractivity contribution in [3.8, 4) is 28.0 Å². The molecule has 138 valence electrons. The predicted octanol–water partition coefficient (Wildman–Crippen LogP) is 7.18. The van der Waals surface area contributed by atoms with Gasteiger partial charge < -0.3 is 4.74 Å². The van der Waals surface area contributed by atoms with Crippen LogP contribution in [0.2, 0.25) is 0 Å². The number of hydrogen-bond donors (Lipinski definition) is 0. The van der Waals surface area contributed by atoms with Crippen molar-refractivity contribution < 1.29 is 4.74 Å². The third-order valence-electron chi connectivity index (χ3n) is 5.26. The largest absolute Gasteiger partial charge is 0.497 e. The van der Waals surface area contributed by atoms with E-state index in [2.05, 4.69) is 104 Å². The summed E-state index contributed by atoms with van der Waals surface area (Å²) in [5.41, 5.74) is 7.51. The lowest BCUT2D eigenvalue weighted by molar-refractivity contribution is 0.414. The van der Waals surface area contributed by atoms with Crippen molar-refractivity contribution in [2.45, 2.75) is 12.8 Å². The third kappa shape index (κ3) is 3.84. The van der Waals surface area contributed by atoms with E-state index in [0.29, 0.717) is 0 Å². The Bertz CT molecular complexity index is 994. The van der Waals surface area contributed by atoms with Crippen LogP contribution < -0.4 is 4.74 Å². The van der Waals surface area contributed by atoms with E-state index in [4.69, 9.17) is 4.74 Å². The molecule has 0 amide bonds. The van der Waals surface area contributed by atoms with E-state index in [9.17, 15) is 0 Å². The highest BCUT2D eigenvalue weighted by atomic mass is 16.5. The number of ether oxygens (including phenoxy) is 1. The zero-order valence-electron chi connectivity index (χ0n) is 16.3. The molecule has 0 aromatic heterocycles. The van der Waals surface area contributed by atoms with Crippen molar-refractivity contribution in [3.63, 3.8) is 0 Å². The molecule has 0 heterocycles. The van der Waals surface area contributed by atoms with Gasteiger partial charge in [0, 0.05) is 5.92 Å². The van der Waals surface area contributed by atoms with E-state index < -0.39 is 0 Å². The lowest BCUT2D eigenvalue weighted by atomic mass is 9.88. The standard InChI is InChI=1S/C27H24O/c1-20(23-14-9-15-27(19-23)28-2)24-16-25(21-10-5-3-6-11-21)18-26(17-24)22-12-7-4-8-13-22/h3-20H,1-2H3/t20-/m1/s1. The molecule has 0 radical (unpaired) electrons. The fraction of sp³-hybridized carbons (Fsp3) is 0.111. The van der Waals surface area contributed by atoms with Gasteiger partial charge in [0.1, 0.15) is 5.75 Å². The van der Waals surface area contributed by atoms with Crippen LogP contribution in [0, 0.1) is 0 Å². The minimum atomic E-state index is 0.265. The molecule has 0 aliphatic rings. The monoisotopic (exact) mass is 364 g/mol. The normalized spacial score (nSPS) is 11.8. The highest BCUT2D eigenvalue weighted by Crippen LogP contribution is 2.34. The van der Waals surface area contributed by atoms with Gasteiger partial charge in [-0.05, 0) is 51.6 Å². The summed E-state index contributed by atoms with van der Waals surface area (Å²) in [7, 11) is 1.72. The zero-order valence-corrected chi connectivity index (χ0v) is 16.3. The first-order valence-corrected chi connectivity index (χ1v) is 9.64. The second-order valence-corrected chi connectivity index (χ2v) is 7.07. The average Bonchev–Trinajstić information content (AvgIpc) is 2.79. The Morgan fingerprint density at radius 2 is 1.11 bits per heavy atom. The smallest absolute Gasteiger partial charge is 0.119 e. The summed E-state index contributed by atoms with van der Waals surface area (Å²) >= 11 is 0. The molecule has 4 aromatic carbocycles. The number of rotatable bonds is 5. The molecule has 0 saturated heterocycles. The van der Waals surface area contributed by atoms with Gasteiger partial charge in [-0.2, -0.15) is 0 Å². The van der Waals surface area contributed by atoms with Crippen LogP contribution in [-0.2, 0) is 0 Å². The molecule has 0 spiro atoms. The molecule has 0 unspecified atom stereocenters. The molecular formula is C27H24O. The van der Waals surface area contributed by atoms with Crippen molar-refractivity contribution in [2.24, 2.45) is 0 Å². The van der Waals surface area contributed by atoms with Gasteiger partial charge in [-0.15, -0.1) is 0 Å². The van der Waals surface area contributed by atoms with E-state index in [0.717, 1.165) is 5.75 Å². The van der Waals surface area contributed by atoms with Crippen LogP contribution >= 0.6 is 0 Å². The molecule has 0 saturated carbocycles. The molecule has 0 fully saturated rings. The highest BCUT2D eigenvalue weighted by molar-refractivity contribution is 5.74. The van der Waals surface area contributed by atoms with Gasteiger partial charge in [0.05, 0.1) is 7.11 Å². The molecular weight excluding hydrogens is 340 g/mol. The number of benzene rings is 4. The van der Waals surface area contributed by atoms with Crippen molar-refractivity contribution in [1.29, 1.82) is 0 Å². The quantitative estimate of drug-likeness (QED) is 0.364. The SMILES string of the molecule is COc1cccc([C@@H](C)c2cc(-c3ccccc3)cc(-c3ccccc3)c2)c1. The molecule has 1 atom stereocenters. The summed E-state index contributed by atoms with van der Waals surface area (Å²) in [4.78, 5) is 0. The van der Waals surface area contributed by atoms with Crippen molar-refractivity contribution in [3.05, 3.63) is 114 Å². The predicted molar refractivity (Wildman–Crippen MR) is 118 cm³/mol. The topological polar surface area (TPSA) is 9.23 Å². The summed E-state index contributed by atoms with van der Waals surface area (Å²) in [6, 6.07) is 36.4. The van der Waals surface area contributed by atoms with Gasteiger partial charge in [-0.1, -0.05) is 91.9 Å². The lowest BCUT2D eigenvalue weighted by Crippen LogP contribution is -1.98. The average molecular weight is 364 g/mol. The van der Waals surface area contributed by atoms with Gasteiger partial charge in [0.25, 0.3) is 0 Å². The number of hydrogen-bond acceptors (Lipinski definition) is 1. The van der Waals surface area contributed by atoms with Gasteiger partial charge >= 0.3 is 0 Å². The van der Waals surface area contributed by atoms with Gasteiger partial charge in [0.2, 0.25) is 0 Å². The first kappa shape index (κ1) is 18.1. The molecule has 28 heavy (non-hydrogen) atoms. The van der Waals surface area contributed by atoms with Gasteiger partial charge in [0.15, 0.2) is 0 Å². The van der Waals surface area contributed by atoms with Crippen LogP contribution in [0.15, 0.2) is 103 Å². The van der Waals surface area contributed by atoms with E-state index in [1.165, 1.54) is 33.4 Å². The fourth-order valence-electron chi connectivity index (χ4n) is 3.60. The Kier molecular flexibility index (Phi) is 5.25. The second-order valence-electron chi connectivity index (χ2n) is 7.07. The molecule has 1 heteroatoms. The first-order chi connectivity index (χ1) is 13.7. The zero-order chi connectivity index (χ0) is 19.3. The molecule has 1 nitrogen and oxygen atoms in total. The second kappa shape index (κ2) is 8.14. The van der Waals surface area contributed by atoms with Gasteiger partial charge in [-0.25, -0.2) is 0 Å². The van der Waals surface area contributed by atoms with Crippen LogP contribution in [0.25, 0.3) is 22.3 Å². The molecule has 0 N–H and O–H groups in total. The first-order valence-electron chi connectivity index (χ1n) is 9.64. The summed E-state index contributed by atoms with van der Waals surface area (Å²) in [5.74, 6) is 1.16. The Labute approximate surface area is 167 Å². The summed E-state index contributed by atoms with van der Waals surface area (Å²) < 4.78 is 5.43. The van der Waals surface area contributed by atoms with Crippen LogP contribution in [0.3, 0.4) is 0 Å². The van der Waals surface area contributed by atoms with Gasteiger partial charge in [-0.3, -0.25) is 0 Å². The maximum Gasteiger partial charge on any atom is 0.119 e.